The number of carbonyl (C=O) groups is 6. The van der Waals surface area contributed by atoms with E-state index in [9.17, 15) is 28.8 Å². The Bertz CT molecular complexity index is 1170. The summed E-state index contributed by atoms with van der Waals surface area (Å²) in [4.78, 5) is 72.0. The number of hydrogen-bond donors (Lipinski definition) is 6. The molecule has 2 fully saturated rings. The highest BCUT2D eigenvalue weighted by molar-refractivity contribution is 5.98. The zero-order valence-electron chi connectivity index (χ0n) is 21.9. The summed E-state index contributed by atoms with van der Waals surface area (Å²) in [6.07, 6.45) is 4.58. The zero-order valence-corrected chi connectivity index (χ0v) is 21.9. The quantitative estimate of drug-likeness (QED) is 0.185. The van der Waals surface area contributed by atoms with E-state index < -0.39 is 23.6 Å². The van der Waals surface area contributed by atoms with Crippen molar-refractivity contribution in [2.45, 2.75) is 51.4 Å². The maximum atomic E-state index is 12.2. The Morgan fingerprint density at radius 2 is 0.875 bits per heavy atom. The van der Waals surface area contributed by atoms with Gasteiger partial charge in [0.05, 0.1) is 0 Å². The number of nitrogens with one attached hydrogen (secondary N) is 6. The van der Waals surface area contributed by atoms with Gasteiger partial charge in [-0.2, -0.15) is 0 Å². The van der Waals surface area contributed by atoms with Gasteiger partial charge in [0.25, 0.3) is 11.8 Å². The molecule has 6 N–H and O–H groups in total. The Balaban J connectivity index is 1.05. The standard InChI is InChI=1S/C28H32N6O6/c35-23(31-33-27(39)19-9-13-21(14-10-19)29-25(37)17-5-6-17)3-1-2-4-24(36)32-34-28(40)20-11-15-22(16-12-20)30-26(38)18-7-8-18/h9-18H,1-8H2,(H,29,37)(H,30,38)(H,31,35)(H,32,36)(H,33,39)(H,34,40). The van der Waals surface area contributed by atoms with Gasteiger partial charge in [-0.15, -0.1) is 0 Å². The van der Waals surface area contributed by atoms with Gasteiger partial charge in [0.1, 0.15) is 0 Å². The fourth-order valence-electron chi connectivity index (χ4n) is 3.68. The summed E-state index contributed by atoms with van der Waals surface area (Å²) in [7, 11) is 0. The zero-order chi connectivity index (χ0) is 28.5. The molecule has 0 heterocycles. The minimum absolute atomic E-state index is 0.0233. The van der Waals surface area contributed by atoms with Crippen LogP contribution in [0.3, 0.4) is 0 Å². The first-order valence-electron chi connectivity index (χ1n) is 13.3. The first-order valence-corrected chi connectivity index (χ1v) is 13.3. The predicted octanol–water partition coefficient (Wildman–Crippen LogP) is 2.17. The van der Waals surface area contributed by atoms with Crippen LogP contribution in [0.5, 0.6) is 0 Å². The van der Waals surface area contributed by atoms with Crippen LogP contribution in [0, 0.1) is 11.8 Å². The van der Waals surface area contributed by atoms with E-state index in [1.54, 1.807) is 48.5 Å². The van der Waals surface area contributed by atoms with Gasteiger partial charge in [-0.05, 0) is 87.1 Å². The maximum Gasteiger partial charge on any atom is 0.269 e. The fraction of sp³-hybridized carbons (Fsp3) is 0.357. The third-order valence-corrected chi connectivity index (χ3v) is 6.41. The maximum absolute atomic E-state index is 12.2. The Kier molecular flexibility index (Phi) is 9.44. The molecular formula is C28H32N6O6. The van der Waals surface area contributed by atoms with Crippen LogP contribution in [0.4, 0.5) is 11.4 Å². The van der Waals surface area contributed by atoms with Crippen LogP contribution in [0.1, 0.15) is 72.1 Å². The second kappa shape index (κ2) is 13.4. The Morgan fingerprint density at radius 3 is 1.20 bits per heavy atom. The summed E-state index contributed by atoms with van der Waals surface area (Å²) in [5, 5.41) is 5.58. The van der Waals surface area contributed by atoms with Crippen LogP contribution in [-0.2, 0) is 19.2 Å². The molecule has 2 aliphatic rings. The van der Waals surface area contributed by atoms with E-state index in [0.29, 0.717) is 35.3 Å². The van der Waals surface area contributed by atoms with Crippen molar-refractivity contribution >= 4 is 46.8 Å². The smallest absolute Gasteiger partial charge is 0.269 e. The molecule has 210 valence electrons. The molecule has 2 aromatic carbocycles. The van der Waals surface area contributed by atoms with Gasteiger partial charge in [0.15, 0.2) is 0 Å². The molecule has 12 heteroatoms. The fourth-order valence-corrected chi connectivity index (χ4v) is 3.68. The molecule has 0 aromatic heterocycles. The third kappa shape index (κ3) is 8.93. The molecule has 0 atom stereocenters. The van der Waals surface area contributed by atoms with Crippen molar-refractivity contribution in [3.05, 3.63) is 59.7 Å². The lowest BCUT2D eigenvalue weighted by Gasteiger charge is -2.09. The van der Waals surface area contributed by atoms with Crippen LogP contribution < -0.4 is 32.3 Å². The molecule has 40 heavy (non-hydrogen) atoms. The first-order chi connectivity index (χ1) is 19.3. The van der Waals surface area contributed by atoms with Gasteiger partial charge in [-0.3, -0.25) is 50.5 Å². The Labute approximate surface area is 231 Å². The summed E-state index contributed by atoms with van der Waals surface area (Å²) < 4.78 is 0. The summed E-state index contributed by atoms with van der Waals surface area (Å²) in [6, 6.07) is 12.7. The van der Waals surface area contributed by atoms with Crippen LogP contribution in [0.25, 0.3) is 0 Å². The number of hydrazine groups is 2. The topological polar surface area (TPSA) is 175 Å². The molecule has 0 unspecified atom stereocenters. The van der Waals surface area contributed by atoms with Crippen molar-refractivity contribution in [1.82, 2.24) is 21.7 Å². The van der Waals surface area contributed by atoms with E-state index in [2.05, 4.69) is 32.3 Å². The van der Waals surface area contributed by atoms with Gasteiger partial charge in [0.2, 0.25) is 23.6 Å². The largest absolute Gasteiger partial charge is 0.326 e. The summed E-state index contributed by atoms with van der Waals surface area (Å²) >= 11 is 0. The highest BCUT2D eigenvalue weighted by Crippen LogP contribution is 2.30. The molecule has 4 rings (SSSR count). The molecule has 0 spiro atoms. The summed E-state index contributed by atoms with van der Waals surface area (Å²) in [5.74, 6) is -1.70. The number of rotatable bonds is 11. The lowest BCUT2D eigenvalue weighted by atomic mass is 10.2. The molecule has 0 radical (unpaired) electrons. The van der Waals surface area contributed by atoms with Gasteiger partial charge >= 0.3 is 0 Å². The number of benzene rings is 2. The van der Waals surface area contributed by atoms with E-state index in [1.807, 2.05) is 0 Å². The minimum Gasteiger partial charge on any atom is -0.326 e. The minimum atomic E-state index is -0.499. The van der Waals surface area contributed by atoms with Crippen molar-refractivity contribution in [1.29, 1.82) is 0 Å². The highest BCUT2D eigenvalue weighted by Gasteiger charge is 2.30. The van der Waals surface area contributed by atoms with Crippen molar-refractivity contribution in [3.8, 4) is 0 Å². The van der Waals surface area contributed by atoms with Crippen LogP contribution >= 0.6 is 0 Å². The molecule has 6 amide bonds. The molecule has 12 nitrogen and oxygen atoms in total. The van der Waals surface area contributed by atoms with Gasteiger partial charge in [-0.1, -0.05) is 0 Å². The molecule has 2 aromatic rings. The number of unbranched alkanes of at least 4 members (excludes halogenated alkanes) is 1. The molecule has 2 aliphatic carbocycles. The van der Waals surface area contributed by atoms with E-state index >= 15 is 0 Å². The van der Waals surface area contributed by atoms with Crippen molar-refractivity contribution in [2.75, 3.05) is 10.6 Å². The van der Waals surface area contributed by atoms with E-state index in [-0.39, 0.29) is 36.5 Å². The van der Waals surface area contributed by atoms with E-state index in [0.717, 1.165) is 25.7 Å². The average Bonchev–Trinajstić information content (AvgIpc) is 3.86. The normalized spacial score (nSPS) is 13.9. The third-order valence-electron chi connectivity index (χ3n) is 6.41. The first kappa shape index (κ1) is 28.3. The summed E-state index contributed by atoms with van der Waals surface area (Å²) in [5.41, 5.74) is 11.2. The number of hydrogen-bond acceptors (Lipinski definition) is 6. The monoisotopic (exact) mass is 548 g/mol. The van der Waals surface area contributed by atoms with Crippen molar-refractivity contribution in [2.24, 2.45) is 11.8 Å². The Morgan fingerprint density at radius 1 is 0.525 bits per heavy atom. The average molecular weight is 549 g/mol. The molecule has 2 saturated carbocycles. The van der Waals surface area contributed by atoms with Gasteiger partial charge in [0, 0.05) is 47.2 Å². The van der Waals surface area contributed by atoms with Crippen LogP contribution in [0.15, 0.2) is 48.5 Å². The Hall–Kier alpha value is -4.74. The van der Waals surface area contributed by atoms with Crippen LogP contribution in [0.2, 0.25) is 0 Å². The highest BCUT2D eigenvalue weighted by atomic mass is 16.2. The molecule has 0 aliphatic heterocycles. The SMILES string of the molecule is O=C(CCCCC(=O)NNC(=O)c1ccc(NC(=O)C2CC2)cc1)NNC(=O)c1ccc(NC(=O)C2CC2)cc1. The predicted molar refractivity (Wildman–Crippen MR) is 145 cm³/mol. The van der Waals surface area contributed by atoms with Crippen LogP contribution in [-0.4, -0.2) is 35.4 Å². The van der Waals surface area contributed by atoms with E-state index in [1.165, 1.54) is 0 Å². The lowest BCUT2D eigenvalue weighted by molar-refractivity contribution is -0.123. The molecule has 0 bridgehead atoms. The lowest BCUT2D eigenvalue weighted by Crippen LogP contribution is -2.42. The van der Waals surface area contributed by atoms with Crippen molar-refractivity contribution < 1.29 is 28.8 Å². The van der Waals surface area contributed by atoms with Crippen molar-refractivity contribution in [3.63, 3.8) is 0 Å². The number of amides is 6. The molecule has 0 saturated heterocycles. The van der Waals surface area contributed by atoms with Gasteiger partial charge in [-0.25, -0.2) is 0 Å². The second-order valence-electron chi connectivity index (χ2n) is 9.89. The van der Waals surface area contributed by atoms with E-state index in [4.69, 9.17) is 0 Å². The second-order valence-corrected chi connectivity index (χ2v) is 9.89. The van der Waals surface area contributed by atoms with Gasteiger partial charge < -0.3 is 10.6 Å². The number of anilines is 2. The summed E-state index contributed by atoms with van der Waals surface area (Å²) in [6.45, 7) is 0. The number of carbonyl (C=O) groups excluding carboxylic acids is 6. The molecular weight excluding hydrogens is 516 g/mol.